The quantitative estimate of drug-likeness (QED) is 0.771. The van der Waals surface area contributed by atoms with Crippen molar-refractivity contribution in [2.45, 2.75) is 20.3 Å². The first-order chi connectivity index (χ1) is 6.63. The van der Waals surface area contributed by atoms with Crippen LogP contribution in [-0.4, -0.2) is 16.8 Å². The number of aromatic hydroxyl groups is 1. The Labute approximate surface area is 85.2 Å². The summed E-state index contributed by atoms with van der Waals surface area (Å²) in [7, 11) is 0. The Bertz CT molecular complexity index is 264. The molecule has 0 aliphatic rings. The highest BCUT2D eigenvalue weighted by Gasteiger charge is 2.12. The zero-order valence-electron chi connectivity index (χ0n) is 8.77. The minimum Gasteiger partial charge on any atom is -0.508 e. The molecule has 14 heavy (non-hydrogen) atoms. The van der Waals surface area contributed by atoms with E-state index in [0.29, 0.717) is 17.6 Å². The Morgan fingerprint density at radius 3 is 2.14 bits per heavy atom. The van der Waals surface area contributed by atoms with Gasteiger partial charge in [0, 0.05) is 6.61 Å². The predicted octanol–water partition coefficient (Wildman–Crippen LogP) is 2.20. The summed E-state index contributed by atoms with van der Waals surface area (Å²) in [5, 5.41) is 18.3. The molecule has 0 saturated heterocycles. The third kappa shape index (κ3) is 3.04. The molecule has 0 radical (unpaired) electrons. The van der Waals surface area contributed by atoms with Crippen molar-refractivity contribution in [2.75, 3.05) is 6.61 Å². The lowest BCUT2D eigenvalue weighted by Crippen LogP contribution is -2.16. The monoisotopic (exact) mass is 194 g/mol. The number of hydrogen-bond donors (Lipinski definition) is 2. The van der Waals surface area contributed by atoms with E-state index in [4.69, 9.17) is 10.2 Å². The van der Waals surface area contributed by atoms with E-state index in [-0.39, 0.29) is 6.61 Å². The van der Waals surface area contributed by atoms with Crippen molar-refractivity contribution < 1.29 is 10.2 Å². The second kappa shape index (κ2) is 5.01. The van der Waals surface area contributed by atoms with Gasteiger partial charge in [-0.15, -0.1) is 0 Å². The molecule has 2 nitrogen and oxygen atoms in total. The molecule has 1 unspecified atom stereocenters. The van der Waals surface area contributed by atoms with Gasteiger partial charge < -0.3 is 10.2 Å². The summed E-state index contributed by atoms with van der Waals surface area (Å²) in [6, 6.07) is 7.18. The van der Waals surface area contributed by atoms with Gasteiger partial charge in [0.25, 0.3) is 0 Å². The summed E-state index contributed by atoms with van der Waals surface area (Å²) in [6.07, 6.45) is 0.869. The van der Waals surface area contributed by atoms with Crippen LogP contribution in [0.1, 0.15) is 19.4 Å². The molecular formula is C12H18O2. The van der Waals surface area contributed by atoms with Crippen LogP contribution in [0, 0.1) is 11.8 Å². The molecule has 2 N–H and O–H groups in total. The summed E-state index contributed by atoms with van der Waals surface area (Å²) < 4.78 is 0. The second-order valence-electron chi connectivity index (χ2n) is 4.06. The number of rotatable bonds is 4. The zero-order chi connectivity index (χ0) is 10.6. The van der Waals surface area contributed by atoms with E-state index in [9.17, 15) is 0 Å². The predicted molar refractivity (Wildman–Crippen MR) is 57.2 cm³/mol. The van der Waals surface area contributed by atoms with Gasteiger partial charge in [0.2, 0.25) is 0 Å². The van der Waals surface area contributed by atoms with Crippen LogP contribution in [0.15, 0.2) is 24.3 Å². The molecule has 1 aromatic rings. The van der Waals surface area contributed by atoms with Crippen molar-refractivity contribution in [1.29, 1.82) is 0 Å². The van der Waals surface area contributed by atoms with E-state index in [1.165, 1.54) is 0 Å². The number of aliphatic hydroxyl groups excluding tert-OH is 1. The summed E-state index contributed by atoms with van der Waals surface area (Å²) in [4.78, 5) is 0. The van der Waals surface area contributed by atoms with Crippen LogP contribution in [0.2, 0.25) is 0 Å². The fraction of sp³-hybridized carbons (Fsp3) is 0.500. The number of phenolic OH excluding ortho intramolecular Hbond substituents is 1. The SMILES string of the molecule is CC(C)C(CO)Cc1ccc(O)cc1. The Balaban J connectivity index is 2.63. The smallest absolute Gasteiger partial charge is 0.115 e. The first-order valence-corrected chi connectivity index (χ1v) is 5.02. The fourth-order valence-electron chi connectivity index (χ4n) is 1.45. The van der Waals surface area contributed by atoms with Crippen molar-refractivity contribution in [3.05, 3.63) is 29.8 Å². The van der Waals surface area contributed by atoms with Gasteiger partial charge in [-0.1, -0.05) is 26.0 Å². The van der Waals surface area contributed by atoms with Crippen molar-refractivity contribution in [3.8, 4) is 5.75 Å². The maximum atomic E-state index is 9.16. The molecule has 0 aliphatic carbocycles. The minimum atomic E-state index is 0.221. The lowest BCUT2D eigenvalue weighted by Gasteiger charge is -2.17. The van der Waals surface area contributed by atoms with Crippen LogP contribution in [-0.2, 0) is 6.42 Å². The van der Waals surface area contributed by atoms with Gasteiger partial charge in [0.15, 0.2) is 0 Å². The molecule has 0 heterocycles. The molecule has 0 amide bonds. The Hall–Kier alpha value is -1.02. The highest BCUT2D eigenvalue weighted by Crippen LogP contribution is 2.18. The Kier molecular flexibility index (Phi) is 3.96. The summed E-state index contributed by atoms with van der Waals surface area (Å²) in [5.41, 5.74) is 1.16. The standard InChI is InChI=1S/C12H18O2/c1-9(2)11(8-13)7-10-3-5-12(14)6-4-10/h3-6,9,11,13-14H,7-8H2,1-2H3. The van der Waals surface area contributed by atoms with Crippen LogP contribution in [0.4, 0.5) is 0 Å². The molecule has 0 saturated carbocycles. The largest absolute Gasteiger partial charge is 0.508 e. The topological polar surface area (TPSA) is 40.5 Å². The van der Waals surface area contributed by atoms with E-state index in [2.05, 4.69) is 13.8 Å². The van der Waals surface area contributed by atoms with Gasteiger partial charge in [-0.05, 0) is 36.0 Å². The Morgan fingerprint density at radius 1 is 1.14 bits per heavy atom. The lowest BCUT2D eigenvalue weighted by atomic mass is 9.90. The summed E-state index contributed by atoms with van der Waals surface area (Å²) in [5.74, 6) is 1.08. The highest BCUT2D eigenvalue weighted by atomic mass is 16.3. The zero-order valence-corrected chi connectivity index (χ0v) is 8.77. The molecular weight excluding hydrogens is 176 g/mol. The van der Waals surface area contributed by atoms with E-state index in [1.807, 2.05) is 12.1 Å². The third-order valence-corrected chi connectivity index (χ3v) is 2.61. The van der Waals surface area contributed by atoms with Crippen LogP contribution < -0.4 is 0 Å². The van der Waals surface area contributed by atoms with Crippen LogP contribution in [0.3, 0.4) is 0 Å². The Morgan fingerprint density at radius 2 is 1.71 bits per heavy atom. The molecule has 0 fully saturated rings. The molecule has 1 aromatic carbocycles. The van der Waals surface area contributed by atoms with Gasteiger partial charge in [-0.25, -0.2) is 0 Å². The molecule has 1 rings (SSSR count). The molecule has 0 aromatic heterocycles. The number of aliphatic hydroxyl groups is 1. The maximum absolute atomic E-state index is 9.16. The molecule has 2 heteroatoms. The molecule has 1 atom stereocenters. The van der Waals surface area contributed by atoms with Crippen LogP contribution in [0.25, 0.3) is 0 Å². The molecule has 0 spiro atoms. The van der Waals surface area contributed by atoms with Gasteiger partial charge >= 0.3 is 0 Å². The first kappa shape index (κ1) is 11.1. The van der Waals surface area contributed by atoms with Crippen molar-refractivity contribution >= 4 is 0 Å². The first-order valence-electron chi connectivity index (χ1n) is 5.02. The van der Waals surface area contributed by atoms with E-state index >= 15 is 0 Å². The van der Waals surface area contributed by atoms with Crippen LogP contribution >= 0.6 is 0 Å². The maximum Gasteiger partial charge on any atom is 0.115 e. The van der Waals surface area contributed by atoms with Crippen molar-refractivity contribution in [3.63, 3.8) is 0 Å². The fourth-order valence-corrected chi connectivity index (χ4v) is 1.45. The average molecular weight is 194 g/mol. The van der Waals surface area contributed by atoms with Crippen molar-refractivity contribution in [1.82, 2.24) is 0 Å². The van der Waals surface area contributed by atoms with Gasteiger partial charge in [0.05, 0.1) is 0 Å². The van der Waals surface area contributed by atoms with E-state index in [1.54, 1.807) is 12.1 Å². The lowest BCUT2D eigenvalue weighted by molar-refractivity contribution is 0.189. The summed E-state index contributed by atoms with van der Waals surface area (Å²) >= 11 is 0. The highest BCUT2D eigenvalue weighted by molar-refractivity contribution is 5.26. The van der Waals surface area contributed by atoms with Gasteiger partial charge in [-0.2, -0.15) is 0 Å². The molecule has 78 valence electrons. The molecule has 0 bridgehead atoms. The number of phenols is 1. The van der Waals surface area contributed by atoms with Gasteiger partial charge in [-0.3, -0.25) is 0 Å². The van der Waals surface area contributed by atoms with E-state index in [0.717, 1.165) is 12.0 Å². The number of benzene rings is 1. The van der Waals surface area contributed by atoms with Gasteiger partial charge in [0.1, 0.15) is 5.75 Å². The van der Waals surface area contributed by atoms with Crippen molar-refractivity contribution in [2.24, 2.45) is 11.8 Å². The second-order valence-corrected chi connectivity index (χ2v) is 4.06. The minimum absolute atomic E-state index is 0.221. The third-order valence-electron chi connectivity index (χ3n) is 2.61. The van der Waals surface area contributed by atoms with Crippen LogP contribution in [0.5, 0.6) is 5.75 Å². The summed E-state index contributed by atoms with van der Waals surface area (Å²) in [6.45, 7) is 4.45. The molecule has 0 aliphatic heterocycles. The average Bonchev–Trinajstić information content (AvgIpc) is 2.16. The normalized spacial score (nSPS) is 13.1. The van der Waals surface area contributed by atoms with E-state index < -0.39 is 0 Å². The number of hydrogen-bond acceptors (Lipinski definition) is 2.